The smallest absolute Gasteiger partial charge is 0.258 e. The van der Waals surface area contributed by atoms with Gasteiger partial charge in [0.15, 0.2) is 5.82 Å². The van der Waals surface area contributed by atoms with Crippen LogP contribution in [0.1, 0.15) is 10.4 Å². The fourth-order valence-corrected chi connectivity index (χ4v) is 2.50. The van der Waals surface area contributed by atoms with Gasteiger partial charge in [-0.2, -0.15) is 0 Å². The molecule has 0 spiro atoms. The van der Waals surface area contributed by atoms with Crippen LogP contribution in [0.15, 0.2) is 12.1 Å². The molecule has 0 radical (unpaired) electrons. The number of hydrogen-bond acceptors (Lipinski definition) is 3. The number of nitrogens with one attached hydrogen (secondary N) is 2. The van der Waals surface area contributed by atoms with Crippen LogP contribution < -0.4 is 15.5 Å². The van der Waals surface area contributed by atoms with Crippen molar-refractivity contribution in [2.24, 2.45) is 0 Å². The molecule has 17 heavy (non-hydrogen) atoms. The molecule has 1 aromatic rings. The number of nitrogens with zero attached hydrogens (tertiary/aromatic N) is 1. The van der Waals surface area contributed by atoms with E-state index in [0.29, 0.717) is 12.2 Å². The second kappa shape index (κ2) is 3.85. The number of carbonyl (C=O) groups excluding carboxylic acids is 1. The van der Waals surface area contributed by atoms with Crippen LogP contribution in [-0.2, 0) is 0 Å². The summed E-state index contributed by atoms with van der Waals surface area (Å²) in [5.74, 6) is -1.04. The molecule has 0 saturated carbocycles. The predicted octanol–water partition coefficient (Wildman–Crippen LogP) is 0.958. The lowest BCUT2D eigenvalue weighted by molar-refractivity contribution is 0.0918. The Balaban J connectivity index is 2.14. The van der Waals surface area contributed by atoms with Gasteiger partial charge in [-0.25, -0.2) is 4.39 Å². The normalized spacial score (nSPS) is 22.8. The van der Waals surface area contributed by atoms with Gasteiger partial charge in [0, 0.05) is 19.6 Å². The zero-order valence-corrected chi connectivity index (χ0v) is 9.72. The molecule has 3 rings (SSSR count). The van der Waals surface area contributed by atoms with Gasteiger partial charge in [-0.3, -0.25) is 4.79 Å². The fourth-order valence-electron chi connectivity index (χ4n) is 2.34. The van der Waals surface area contributed by atoms with Crippen molar-refractivity contribution < 1.29 is 9.18 Å². The summed E-state index contributed by atoms with van der Waals surface area (Å²) < 4.78 is 13.9. The van der Waals surface area contributed by atoms with Gasteiger partial charge >= 0.3 is 0 Å². The van der Waals surface area contributed by atoms with Crippen LogP contribution in [-0.4, -0.2) is 31.7 Å². The molecule has 1 saturated heterocycles. The van der Waals surface area contributed by atoms with E-state index < -0.39 is 11.7 Å². The second-order valence-corrected chi connectivity index (χ2v) is 4.55. The van der Waals surface area contributed by atoms with E-state index in [1.165, 1.54) is 6.07 Å². The predicted molar refractivity (Wildman–Crippen MR) is 62.9 cm³/mol. The van der Waals surface area contributed by atoms with Crippen molar-refractivity contribution in [3.05, 3.63) is 28.5 Å². The van der Waals surface area contributed by atoms with E-state index in [-0.39, 0.29) is 16.8 Å². The van der Waals surface area contributed by atoms with Crippen molar-refractivity contribution in [2.75, 3.05) is 24.5 Å². The second-order valence-electron chi connectivity index (χ2n) is 4.14. The van der Waals surface area contributed by atoms with Crippen molar-refractivity contribution in [1.82, 2.24) is 10.6 Å². The van der Waals surface area contributed by atoms with Crippen LogP contribution in [0.5, 0.6) is 0 Å². The summed E-state index contributed by atoms with van der Waals surface area (Å²) in [7, 11) is 0. The maximum atomic E-state index is 13.9. The first-order valence-corrected chi connectivity index (χ1v) is 5.82. The van der Waals surface area contributed by atoms with Crippen molar-refractivity contribution in [2.45, 2.75) is 6.17 Å². The lowest BCUT2D eigenvalue weighted by atomic mass is 10.1. The highest BCUT2D eigenvalue weighted by Gasteiger charge is 2.34. The minimum absolute atomic E-state index is 0.0208. The quantitative estimate of drug-likeness (QED) is 0.726. The minimum Gasteiger partial charge on any atom is -0.348 e. The van der Waals surface area contributed by atoms with Crippen LogP contribution >= 0.6 is 11.6 Å². The Bertz CT molecular complexity index is 494. The van der Waals surface area contributed by atoms with Crippen LogP contribution in [0.4, 0.5) is 10.1 Å². The van der Waals surface area contributed by atoms with E-state index >= 15 is 0 Å². The Morgan fingerprint density at radius 1 is 1.47 bits per heavy atom. The van der Waals surface area contributed by atoms with Crippen LogP contribution in [0.3, 0.4) is 0 Å². The summed E-state index contributed by atoms with van der Waals surface area (Å²) in [5, 5.41) is 5.93. The van der Waals surface area contributed by atoms with Crippen LogP contribution in [0, 0.1) is 5.82 Å². The topological polar surface area (TPSA) is 44.4 Å². The van der Waals surface area contributed by atoms with Gasteiger partial charge in [0.05, 0.1) is 10.7 Å². The monoisotopic (exact) mass is 255 g/mol. The molecular formula is C11H11ClFN3O. The molecule has 1 fully saturated rings. The molecule has 2 heterocycles. The standard InChI is InChI=1S/C11H11ClFN3O/c12-6-1-2-7-9(10(6)13)11(17)15-8-5-14-3-4-16(7)8/h1-2,8,14H,3-5H2,(H,15,17)/t8-/m1/s1. The SMILES string of the molecule is O=C1N[C@H]2CNCCN2c2ccc(Cl)c(F)c21. The van der Waals surface area contributed by atoms with E-state index in [1.807, 2.05) is 4.90 Å². The molecule has 0 aromatic heterocycles. The van der Waals surface area contributed by atoms with Gasteiger partial charge in [-0.05, 0) is 12.1 Å². The van der Waals surface area contributed by atoms with Gasteiger partial charge < -0.3 is 15.5 Å². The molecular weight excluding hydrogens is 245 g/mol. The van der Waals surface area contributed by atoms with Crippen molar-refractivity contribution in [1.29, 1.82) is 0 Å². The molecule has 2 N–H and O–H groups in total. The molecule has 1 aromatic carbocycles. The third-order valence-corrected chi connectivity index (χ3v) is 3.44. The van der Waals surface area contributed by atoms with Crippen LogP contribution in [0.2, 0.25) is 5.02 Å². The molecule has 2 aliphatic heterocycles. The van der Waals surface area contributed by atoms with Gasteiger partial charge in [-0.1, -0.05) is 11.6 Å². The number of piperazine rings is 1. The minimum atomic E-state index is -0.640. The molecule has 2 aliphatic rings. The number of benzene rings is 1. The largest absolute Gasteiger partial charge is 0.348 e. The number of fused-ring (bicyclic) bond motifs is 3. The van der Waals surface area contributed by atoms with E-state index in [0.717, 1.165) is 13.1 Å². The molecule has 4 nitrogen and oxygen atoms in total. The Kier molecular flexibility index (Phi) is 2.45. The summed E-state index contributed by atoms with van der Waals surface area (Å²) >= 11 is 5.70. The van der Waals surface area contributed by atoms with E-state index in [9.17, 15) is 9.18 Å². The lowest BCUT2D eigenvalue weighted by Crippen LogP contribution is -2.62. The fraction of sp³-hybridized carbons (Fsp3) is 0.364. The third kappa shape index (κ3) is 1.57. The van der Waals surface area contributed by atoms with E-state index in [1.54, 1.807) is 6.07 Å². The Hall–Kier alpha value is -1.33. The molecule has 6 heteroatoms. The molecule has 0 unspecified atom stereocenters. The van der Waals surface area contributed by atoms with Gasteiger partial charge in [0.2, 0.25) is 0 Å². The molecule has 1 atom stereocenters. The average molecular weight is 256 g/mol. The highest BCUT2D eigenvalue weighted by Crippen LogP contribution is 2.32. The molecule has 90 valence electrons. The number of halogens is 2. The Morgan fingerprint density at radius 2 is 2.29 bits per heavy atom. The number of anilines is 1. The maximum Gasteiger partial charge on any atom is 0.258 e. The summed E-state index contributed by atoms with van der Waals surface area (Å²) in [6.07, 6.45) is -0.107. The summed E-state index contributed by atoms with van der Waals surface area (Å²) in [6.45, 7) is 2.21. The molecule has 1 amide bonds. The average Bonchev–Trinajstić information content (AvgIpc) is 2.33. The zero-order chi connectivity index (χ0) is 12.0. The maximum absolute atomic E-state index is 13.9. The van der Waals surface area contributed by atoms with E-state index in [4.69, 9.17) is 11.6 Å². The number of hydrogen-bond donors (Lipinski definition) is 2. The van der Waals surface area contributed by atoms with Crippen molar-refractivity contribution in [3.63, 3.8) is 0 Å². The zero-order valence-electron chi connectivity index (χ0n) is 8.96. The first-order chi connectivity index (χ1) is 8.18. The first-order valence-electron chi connectivity index (χ1n) is 5.44. The summed E-state index contributed by atoms with van der Waals surface area (Å²) in [4.78, 5) is 13.8. The van der Waals surface area contributed by atoms with Crippen LogP contribution in [0.25, 0.3) is 0 Å². The van der Waals surface area contributed by atoms with Gasteiger partial charge in [0.25, 0.3) is 5.91 Å². The summed E-state index contributed by atoms with van der Waals surface area (Å²) in [6, 6.07) is 3.20. The molecule has 0 bridgehead atoms. The number of carbonyl (C=O) groups is 1. The highest BCUT2D eigenvalue weighted by atomic mass is 35.5. The van der Waals surface area contributed by atoms with E-state index in [2.05, 4.69) is 10.6 Å². The van der Waals surface area contributed by atoms with Crippen molar-refractivity contribution >= 4 is 23.2 Å². The van der Waals surface area contributed by atoms with Gasteiger partial charge in [0.1, 0.15) is 11.7 Å². The number of amides is 1. The van der Waals surface area contributed by atoms with Gasteiger partial charge in [-0.15, -0.1) is 0 Å². The number of rotatable bonds is 0. The van der Waals surface area contributed by atoms with Crippen molar-refractivity contribution in [3.8, 4) is 0 Å². The lowest BCUT2D eigenvalue weighted by Gasteiger charge is -2.42. The summed E-state index contributed by atoms with van der Waals surface area (Å²) in [5.41, 5.74) is 0.679. The first kappa shape index (κ1) is 10.8. The molecule has 0 aliphatic carbocycles. The Labute approximate surface area is 103 Å². The Morgan fingerprint density at radius 3 is 3.12 bits per heavy atom. The third-order valence-electron chi connectivity index (χ3n) is 3.15. The highest BCUT2D eigenvalue weighted by molar-refractivity contribution is 6.31.